The van der Waals surface area contributed by atoms with Crippen LogP contribution in [0.15, 0.2) is 88.2 Å². The molecule has 1 N–H and O–H groups in total. The van der Waals surface area contributed by atoms with E-state index in [1.54, 1.807) is 30.3 Å². The third kappa shape index (κ3) is 5.46. The van der Waals surface area contributed by atoms with Gasteiger partial charge in [0, 0.05) is 17.1 Å². The highest BCUT2D eigenvalue weighted by Gasteiger charge is 2.41. The van der Waals surface area contributed by atoms with Gasteiger partial charge in [-0.3, -0.25) is 14.5 Å². The molecule has 0 spiro atoms. The van der Waals surface area contributed by atoms with Crippen LogP contribution in [0, 0.1) is 5.82 Å². The summed E-state index contributed by atoms with van der Waals surface area (Å²) < 4.78 is 42.8. The number of carbonyl (C=O) groups excluding carboxylic acids is 2. The van der Waals surface area contributed by atoms with E-state index in [0.29, 0.717) is 16.4 Å². The third-order valence-corrected chi connectivity index (χ3v) is 7.54. The summed E-state index contributed by atoms with van der Waals surface area (Å²) >= 11 is 6.73. The second-order valence-electron chi connectivity index (χ2n) is 7.18. The largest absolute Gasteiger partial charge is 0.326 e. The van der Waals surface area contributed by atoms with Gasteiger partial charge in [0.1, 0.15) is 11.1 Å². The van der Waals surface area contributed by atoms with Gasteiger partial charge in [-0.15, -0.1) is 4.40 Å². The van der Waals surface area contributed by atoms with Gasteiger partial charge in [0.25, 0.3) is 10.0 Å². The predicted octanol–water partition coefficient (Wildman–Crippen LogP) is 4.70. The smallest absolute Gasteiger partial charge is 0.284 e. The van der Waals surface area contributed by atoms with Crippen molar-refractivity contribution in [1.82, 2.24) is 0 Å². The third-order valence-electron chi connectivity index (χ3n) is 4.76. The first kappa shape index (κ1) is 23.9. The Morgan fingerprint density at radius 1 is 1.03 bits per heavy atom. The average molecular weight is 518 g/mol. The quantitative estimate of drug-likeness (QED) is 0.511. The maximum atomic E-state index is 13.2. The number of sulfonamides is 1. The number of halogens is 2. The van der Waals surface area contributed by atoms with Crippen molar-refractivity contribution in [3.63, 3.8) is 0 Å². The number of hydrogen-bond acceptors (Lipinski definition) is 5. The van der Waals surface area contributed by atoms with Crippen molar-refractivity contribution >= 4 is 61.7 Å². The normalized spacial score (nSPS) is 17.2. The number of benzene rings is 3. The first-order valence-electron chi connectivity index (χ1n) is 9.94. The van der Waals surface area contributed by atoms with E-state index in [0.717, 1.165) is 11.8 Å². The number of para-hydroxylation sites is 1. The van der Waals surface area contributed by atoms with Crippen molar-refractivity contribution in [2.75, 3.05) is 10.2 Å². The molecule has 0 aliphatic carbocycles. The highest BCUT2D eigenvalue weighted by atomic mass is 35.5. The second-order valence-corrected chi connectivity index (χ2v) is 10.4. The van der Waals surface area contributed by atoms with Crippen molar-refractivity contribution in [2.45, 2.75) is 16.6 Å². The number of rotatable bonds is 6. The van der Waals surface area contributed by atoms with Gasteiger partial charge in [-0.25, -0.2) is 4.39 Å². The Morgan fingerprint density at radius 3 is 2.32 bits per heavy atom. The summed E-state index contributed by atoms with van der Waals surface area (Å²) in [6, 6.07) is 19.2. The van der Waals surface area contributed by atoms with Gasteiger partial charge in [0.05, 0.1) is 10.6 Å². The van der Waals surface area contributed by atoms with E-state index in [4.69, 9.17) is 11.6 Å². The fourth-order valence-electron chi connectivity index (χ4n) is 3.15. The Hall–Kier alpha value is -3.21. The van der Waals surface area contributed by atoms with Crippen LogP contribution in [0.1, 0.15) is 6.42 Å². The molecule has 0 radical (unpaired) electrons. The van der Waals surface area contributed by atoms with Gasteiger partial charge in [-0.05, 0) is 60.7 Å². The van der Waals surface area contributed by atoms with Gasteiger partial charge < -0.3 is 5.32 Å². The van der Waals surface area contributed by atoms with Crippen LogP contribution in [0.5, 0.6) is 0 Å². The lowest BCUT2D eigenvalue weighted by atomic mass is 10.2. The van der Waals surface area contributed by atoms with Crippen molar-refractivity contribution in [3.8, 4) is 0 Å². The number of thioether (sulfide) groups is 1. The molecule has 4 rings (SSSR count). The first-order chi connectivity index (χ1) is 16.2. The summed E-state index contributed by atoms with van der Waals surface area (Å²) in [6.45, 7) is 0. The van der Waals surface area contributed by atoms with Gasteiger partial charge in [0.2, 0.25) is 11.8 Å². The van der Waals surface area contributed by atoms with Gasteiger partial charge >= 0.3 is 0 Å². The molecule has 1 aliphatic heterocycles. The summed E-state index contributed by atoms with van der Waals surface area (Å²) in [5.41, 5.74) is 0.799. The fourth-order valence-corrected chi connectivity index (χ4v) is 5.61. The molecule has 1 heterocycles. The number of carbonyl (C=O) groups is 2. The lowest BCUT2D eigenvalue weighted by molar-refractivity contribution is -0.121. The van der Waals surface area contributed by atoms with Crippen LogP contribution < -0.4 is 10.2 Å². The molecular formula is C23H17ClFN3O4S2. The number of amidine groups is 1. The van der Waals surface area contributed by atoms with Crippen LogP contribution in [0.25, 0.3) is 0 Å². The Bertz CT molecular complexity index is 1350. The Balaban J connectivity index is 1.61. The van der Waals surface area contributed by atoms with E-state index in [2.05, 4.69) is 9.71 Å². The molecule has 174 valence electrons. The van der Waals surface area contributed by atoms with E-state index in [1.807, 2.05) is 0 Å². The van der Waals surface area contributed by atoms with Crippen LogP contribution in [0.3, 0.4) is 0 Å². The molecule has 1 aliphatic rings. The summed E-state index contributed by atoms with van der Waals surface area (Å²) in [6.07, 6.45) is -0.232. The summed E-state index contributed by atoms with van der Waals surface area (Å²) in [7, 11) is -4.15. The zero-order valence-electron chi connectivity index (χ0n) is 17.4. The van der Waals surface area contributed by atoms with Crippen molar-refractivity contribution in [2.24, 2.45) is 4.40 Å². The van der Waals surface area contributed by atoms with Crippen molar-refractivity contribution in [1.29, 1.82) is 0 Å². The lowest BCUT2D eigenvalue weighted by Crippen LogP contribution is -2.33. The van der Waals surface area contributed by atoms with Crippen LogP contribution in [0.4, 0.5) is 15.8 Å². The van der Waals surface area contributed by atoms with E-state index in [9.17, 15) is 22.4 Å². The zero-order valence-corrected chi connectivity index (χ0v) is 19.8. The molecule has 0 saturated carbocycles. The summed E-state index contributed by atoms with van der Waals surface area (Å²) in [5.74, 6) is -1.40. The lowest BCUT2D eigenvalue weighted by Gasteiger charge is -2.16. The summed E-state index contributed by atoms with van der Waals surface area (Å²) in [5, 5.41) is 2.01. The number of amides is 2. The van der Waals surface area contributed by atoms with Gasteiger partial charge in [-0.2, -0.15) is 8.42 Å². The molecule has 1 atom stereocenters. The van der Waals surface area contributed by atoms with E-state index < -0.39 is 32.9 Å². The minimum atomic E-state index is -4.15. The number of nitrogens with zero attached hydrogens (tertiary/aromatic N) is 2. The monoisotopic (exact) mass is 517 g/mol. The van der Waals surface area contributed by atoms with Gasteiger partial charge in [0.15, 0.2) is 5.17 Å². The SMILES string of the molecule is O=C(CC1S/C(=N/S(=O)(=O)c2ccc(Cl)cc2)N(c2ccccc2)C1=O)Nc1ccc(F)cc1. The van der Waals surface area contributed by atoms with Crippen molar-refractivity contribution < 1.29 is 22.4 Å². The molecule has 1 saturated heterocycles. The molecule has 0 bridgehead atoms. The Morgan fingerprint density at radius 2 is 1.68 bits per heavy atom. The van der Waals surface area contributed by atoms with Crippen LogP contribution >= 0.6 is 23.4 Å². The van der Waals surface area contributed by atoms with Gasteiger partial charge in [-0.1, -0.05) is 41.6 Å². The molecule has 34 heavy (non-hydrogen) atoms. The highest BCUT2D eigenvalue weighted by Crippen LogP contribution is 2.35. The molecule has 3 aromatic carbocycles. The number of hydrogen-bond donors (Lipinski definition) is 1. The van der Waals surface area contributed by atoms with Crippen LogP contribution in [-0.2, 0) is 19.6 Å². The molecule has 3 aromatic rings. The Kier molecular flexibility index (Phi) is 7.01. The van der Waals surface area contributed by atoms with Crippen LogP contribution in [0.2, 0.25) is 5.02 Å². The zero-order chi connectivity index (χ0) is 24.3. The van der Waals surface area contributed by atoms with E-state index in [1.165, 1.54) is 53.4 Å². The van der Waals surface area contributed by atoms with Crippen LogP contribution in [-0.4, -0.2) is 30.6 Å². The average Bonchev–Trinajstić information content (AvgIpc) is 3.10. The number of nitrogens with one attached hydrogen (secondary N) is 1. The predicted molar refractivity (Wildman–Crippen MR) is 131 cm³/mol. The maximum absolute atomic E-state index is 13.2. The molecule has 0 aromatic heterocycles. The minimum absolute atomic E-state index is 0.0641. The summed E-state index contributed by atoms with van der Waals surface area (Å²) in [4.78, 5) is 26.8. The Labute approximate surface area is 204 Å². The first-order valence-corrected chi connectivity index (χ1v) is 12.6. The molecular weight excluding hydrogens is 501 g/mol. The number of anilines is 2. The molecule has 11 heteroatoms. The molecule has 1 unspecified atom stereocenters. The van der Waals surface area contributed by atoms with E-state index in [-0.39, 0.29) is 16.5 Å². The van der Waals surface area contributed by atoms with Crippen molar-refractivity contribution in [3.05, 3.63) is 89.7 Å². The minimum Gasteiger partial charge on any atom is -0.326 e. The second kappa shape index (κ2) is 9.96. The molecule has 1 fully saturated rings. The topological polar surface area (TPSA) is 95.9 Å². The molecule has 2 amide bonds. The highest BCUT2D eigenvalue weighted by molar-refractivity contribution is 8.16. The maximum Gasteiger partial charge on any atom is 0.284 e. The standard InChI is InChI=1S/C23H17ClFN3O4S2/c24-15-6-12-19(13-7-15)34(31,32)27-23-28(18-4-2-1-3-5-18)22(30)20(33-23)14-21(29)26-17-10-8-16(25)9-11-17/h1-13,20H,14H2,(H,26,29)/b27-23+. The fraction of sp³-hybridized carbons (Fsp3) is 0.0870. The van der Waals surface area contributed by atoms with E-state index >= 15 is 0 Å². The molecule has 7 nitrogen and oxygen atoms in total.